The molecule has 0 aliphatic carbocycles. The summed E-state index contributed by atoms with van der Waals surface area (Å²) >= 11 is 7.21. The van der Waals surface area contributed by atoms with E-state index in [1.54, 1.807) is 18.2 Å². The lowest BCUT2D eigenvalue weighted by molar-refractivity contribution is 0.0591. The van der Waals surface area contributed by atoms with Crippen LogP contribution in [0.1, 0.15) is 27.1 Å². The van der Waals surface area contributed by atoms with E-state index in [1.807, 2.05) is 6.07 Å². The Morgan fingerprint density at radius 3 is 2.58 bits per heavy atom. The number of halogens is 1. The topological polar surface area (TPSA) is 56.3 Å². The van der Waals surface area contributed by atoms with E-state index in [2.05, 4.69) is 9.72 Å². The smallest absolute Gasteiger partial charge is 0.358 e. The van der Waals surface area contributed by atoms with E-state index in [4.69, 9.17) is 11.6 Å². The maximum atomic E-state index is 11.6. The highest BCUT2D eigenvalue weighted by atomic mass is 35.5. The number of hydrogen-bond donors (Lipinski definition) is 0. The molecule has 0 fully saturated rings. The summed E-state index contributed by atoms with van der Waals surface area (Å²) in [6, 6.07) is 7.12. The summed E-state index contributed by atoms with van der Waals surface area (Å²) in [7, 11) is 1.25. The summed E-state index contributed by atoms with van der Waals surface area (Å²) in [6.45, 7) is 1.39. The highest BCUT2D eigenvalue weighted by Gasteiger charge is 2.22. The van der Waals surface area contributed by atoms with Crippen LogP contribution in [0.2, 0.25) is 5.02 Å². The molecule has 6 heteroatoms. The Bertz CT molecular complexity index is 651. The lowest BCUT2D eigenvalue weighted by Gasteiger charge is -1.98. The van der Waals surface area contributed by atoms with Crippen molar-refractivity contribution < 1.29 is 14.3 Å². The van der Waals surface area contributed by atoms with Crippen LogP contribution in [0.3, 0.4) is 0 Å². The van der Waals surface area contributed by atoms with Gasteiger partial charge in [-0.2, -0.15) is 0 Å². The van der Waals surface area contributed by atoms with Gasteiger partial charge in [0.05, 0.1) is 12.1 Å². The molecule has 0 saturated heterocycles. The maximum absolute atomic E-state index is 11.6. The normalized spacial score (nSPS) is 10.3. The van der Waals surface area contributed by atoms with Gasteiger partial charge in [-0.1, -0.05) is 29.8 Å². The van der Waals surface area contributed by atoms with Gasteiger partial charge in [0, 0.05) is 12.5 Å². The first-order valence-electron chi connectivity index (χ1n) is 5.39. The number of nitrogens with zero attached hydrogens (tertiary/aromatic N) is 1. The summed E-state index contributed by atoms with van der Waals surface area (Å²) < 4.78 is 4.63. The molecule has 0 N–H and O–H groups in total. The fraction of sp³-hybridized carbons (Fsp3) is 0.154. The van der Waals surface area contributed by atoms with Gasteiger partial charge in [-0.05, 0) is 6.07 Å². The van der Waals surface area contributed by atoms with Crippen molar-refractivity contribution in [2.45, 2.75) is 6.92 Å². The molecule has 0 aliphatic heterocycles. The first kappa shape index (κ1) is 13.7. The minimum atomic E-state index is -0.625. The molecular weight excluding hydrogens is 286 g/mol. The number of methoxy groups -OCH3 is 1. The van der Waals surface area contributed by atoms with Gasteiger partial charge >= 0.3 is 5.97 Å². The summed E-state index contributed by atoms with van der Waals surface area (Å²) in [5, 5.41) is 1.04. The van der Waals surface area contributed by atoms with Gasteiger partial charge in [-0.15, -0.1) is 11.3 Å². The Morgan fingerprint density at radius 2 is 2.00 bits per heavy atom. The van der Waals surface area contributed by atoms with Crippen molar-refractivity contribution in [1.82, 2.24) is 4.98 Å². The third kappa shape index (κ3) is 2.67. The zero-order valence-corrected chi connectivity index (χ0v) is 11.8. The molecular formula is C13H10ClNO3S. The second-order valence-corrected chi connectivity index (χ2v) is 5.13. The predicted octanol–water partition coefficient (Wildman–Crippen LogP) is 3.45. The number of thiazole rings is 1. The minimum Gasteiger partial charge on any atom is -0.464 e. The molecule has 0 bridgehead atoms. The van der Waals surface area contributed by atoms with Gasteiger partial charge in [0.15, 0.2) is 11.5 Å². The Hall–Kier alpha value is -1.72. The molecule has 98 valence electrons. The standard InChI is InChI=1S/C13H10ClNO3S/c1-7(16)11-10(13(17)18-2)15-12(19-11)8-5-3-4-6-9(8)14/h3-6H,1-2H3. The summed E-state index contributed by atoms with van der Waals surface area (Å²) in [5.41, 5.74) is 0.724. The second kappa shape index (κ2) is 5.50. The number of hydrogen-bond acceptors (Lipinski definition) is 5. The molecule has 2 aromatic rings. The number of benzene rings is 1. The number of aromatic nitrogens is 1. The van der Waals surface area contributed by atoms with E-state index in [0.29, 0.717) is 15.6 Å². The molecule has 0 aliphatic rings. The van der Waals surface area contributed by atoms with E-state index in [9.17, 15) is 9.59 Å². The average molecular weight is 296 g/mol. The van der Waals surface area contributed by atoms with Crippen LogP contribution in [0.5, 0.6) is 0 Å². The Kier molecular flexibility index (Phi) is 3.97. The Balaban J connectivity index is 2.58. The first-order chi connectivity index (χ1) is 9.04. The van der Waals surface area contributed by atoms with Crippen LogP contribution in [0.15, 0.2) is 24.3 Å². The number of ether oxygens (including phenoxy) is 1. The van der Waals surface area contributed by atoms with Crippen molar-refractivity contribution in [3.8, 4) is 10.6 Å². The summed E-state index contributed by atoms with van der Waals surface area (Å²) in [6.07, 6.45) is 0. The van der Waals surface area contributed by atoms with Crippen LogP contribution in [-0.2, 0) is 4.74 Å². The maximum Gasteiger partial charge on any atom is 0.358 e. The largest absolute Gasteiger partial charge is 0.464 e. The van der Waals surface area contributed by atoms with Crippen LogP contribution in [0.25, 0.3) is 10.6 Å². The molecule has 0 spiro atoms. The number of Topliss-reactive ketones (excluding diaryl/α,β-unsaturated/α-hetero) is 1. The Morgan fingerprint density at radius 1 is 1.32 bits per heavy atom. The number of carbonyl (C=O) groups is 2. The average Bonchev–Trinajstić information content (AvgIpc) is 2.83. The number of carbonyl (C=O) groups excluding carboxylic acids is 2. The van der Waals surface area contributed by atoms with Crippen molar-refractivity contribution in [3.63, 3.8) is 0 Å². The van der Waals surface area contributed by atoms with Crippen molar-refractivity contribution >= 4 is 34.7 Å². The highest BCUT2D eigenvalue weighted by Crippen LogP contribution is 2.33. The monoisotopic (exact) mass is 295 g/mol. The van der Waals surface area contributed by atoms with Gasteiger partial charge in [0.25, 0.3) is 0 Å². The molecule has 0 radical (unpaired) electrons. The number of ketones is 1. The van der Waals surface area contributed by atoms with E-state index in [-0.39, 0.29) is 16.4 Å². The minimum absolute atomic E-state index is 0.0370. The summed E-state index contributed by atoms with van der Waals surface area (Å²) in [4.78, 5) is 27.6. The highest BCUT2D eigenvalue weighted by molar-refractivity contribution is 7.17. The first-order valence-corrected chi connectivity index (χ1v) is 6.59. The van der Waals surface area contributed by atoms with E-state index < -0.39 is 5.97 Å². The van der Waals surface area contributed by atoms with Crippen LogP contribution >= 0.6 is 22.9 Å². The molecule has 1 heterocycles. The van der Waals surface area contributed by atoms with Gasteiger partial charge in [0.1, 0.15) is 9.88 Å². The Labute approximate surface area is 119 Å². The van der Waals surface area contributed by atoms with E-state index in [0.717, 1.165) is 11.3 Å². The number of rotatable bonds is 3. The SMILES string of the molecule is COC(=O)c1nc(-c2ccccc2Cl)sc1C(C)=O. The second-order valence-electron chi connectivity index (χ2n) is 3.72. The zero-order chi connectivity index (χ0) is 14.0. The lowest BCUT2D eigenvalue weighted by Crippen LogP contribution is -2.06. The van der Waals surface area contributed by atoms with Crippen molar-refractivity contribution in [3.05, 3.63) is 39.9 Å². The van der Waals surface area contributed by atoms with Crippen molar-refractivity contribution in [2.75, 3.05) is 7.11 Å². The molecule has 4 nitrogen and oxygen atoms in total. The van der Waals surface area contributed by atoms with Crippen molar-refractivity contribution in [2.24, 2.45) is 0 Å². The van der Waals surface area contributed by atoms with Crippen molar-refractivity contribution in [1.29, 1.82) is 0 Å². The van der Waals surface area contributed by atoms with Crippen LogP contribution < -0.4 is 0 Å². The number of esters is 1. The van der Waals surface area contributed by atoms with Crippen LogP contribution in [0, 0.1) is 0 Å². The summed E-state index contributed by atoms with van der Waals surface area (Å²) in [5.74, 6) is -0.851. The van der Waals surface area contributed by atoms with Crippen LogP contribution in [0.4, 0.5) is 0 Å². The van der Waals surface area contributed by atoms with Gasteiger partial charge in [-0.3, -0.25) is 4.79 Å². The van der Waals surface area contributed by atoms with E-state index in [1.165, 1.54) is 14.0 Å². The fourth-order valence-electron chi connectivity index (χ4n) is 1.54. The van der Waals surface area contributed by atoms with Crippen LogP contribution in [-0.4, -0.2) is 23.8 Å². The molecule has 1 aromatic heterocycles. The molecule has 19 heavy (non-hydrogen) atoms. The molecule has 0 unspecified atom stereocenters. The zero-order valence-electron chi connectivity index (χ0n) is 10.3. The third-order valence-electron chi connectivity index (χ3n) is 2.43. The third-order valence-corrected chi connectivity index (χ3v) is 3.95. The molecule has 1 aromatic carbocycles. The molecule has 0 amide bonds. The van der Waals surface area contributed by atoms with Gasteiger partial charge in [-0.25, -0.2) is 9.78 Å². The molecule has 0 atom stereocenters. The van der Waals surface area contributed by atoms with Gasteiger partial charge < -0.3 is 4.74 Å². The van der Waals surface area contributed by atoms with E-state index >= 15 is 0 Å². The predicted molar refractivity (Wildman–Crippen MR) is 73.9 cm³/mol. The fourth-order valence-corrected chi connectivity index (χ4v) is 2.81. The quantitative estimate of drug-likeness (QED) is 0.643. The van der Waals surface area contributed by atoms with Gasteiger partial charge in [0.2, 0.25) is 0 Å². The lowest BCUT2D eigenvalue weighted by atomic mass is 10.2. The molecule has 2 rings (SSSR count). The molecule has 0 saturated carbocycles.